The second-order valence-corrected chi connectivity index (χ2v) is 12.0. The first-order valence-corrected chi connectivity index (χ1v) is 15.4. The van der Waals surface area contributed by atoms with Crippen molar-refractivity contribution in [3.8, 4) is 5.75 Å². The molecular formula is C29H44N2O18. The molecule has 0 aromatic heterocycles. The Labute approximate surface area is 279 Å². The van der Waals surface area contributed by atoms with Crippen LogP contribution in [-0.4, -0.2) is 181 Å². The summed E-state index contributed by atoms with van der Waals surface area (Å²) >= 11 is 0. The number of aromatic hydroxyl groups is 1. The number of ether oxygens (including phenoxy) is 6. The highest BCUT2D eigenvalue weighted by atomic mass is 16.8. The van der Waals surface area contributed by atoms with Gasteiger partial charge in [0.2, 0.25) is 12.2 Å². The first-order valence-electron chi connectivity index (χ1n) is 15.4. The van der Waals surface area contributed by atoms with Crippen molar-refractivity contribution in [3.05, 3.63) is 29.8 Å². The summed E-state index contributed by atoms with van der Waals surface area (Å²) in [6, 6.07) is 3.06. The standard InChI is InChI=1S/C29H44N2O18/c1-10(35)31-17-25(19(38)15(8-33)44-27(17)49-26(43)13(30)6-11-2-4-12(36)5-3-11)48-29-23(42)21(40)24(16(9-34)46-29)47-28-22(41)20(39)18(37)14(7-32)45-28/h2-5,13-25,27-29,32-34,36-42H,6-9,30H2,1H3,(H,31,35)/t13?,14-,15-,16-,17-,18+,19+,20+,21-,22-,23-,24+,25-,27-,28-,29+/m1/s1. The molecule has 1 aromatic rings. The van der Waals surface area contributed by atoms with Crippen LogP contribution in [0.15, 0.2) is 24.3 Å². The Morgan fingerprint density at radius 2 is 1.24 bits per heavy atom. The number of rotatable bonds is 12. The number of hydrogen-bond acceptors (Lipinski definition) is 19. The fraction of sp³-hybridized carbons (Fsp3) is 0.724. The van der Waals surface area contributed by atoms with Crippen LogP contribution in [-0.2, 0) is 44.4 Å². The Balaban J connectivity index is 1.51. The summed E-state index contributed by atoms with van der Waals surface area (Å²) in [5.41, 5.74) is 6.60. The van der Waals surface area contributed by atoms with Crippen LogP contribution in [0.5, 0.6) is 5.75 Å². The van der Waals surface area contributed by atoms with Gasteiger partial charge in [-0.05, 0) is 24.1 Å². The van der Waals surface area contributed by atoms with Crippen molar-refractivity contribution < 1.29 is 89.1 Å². The highest BCUT2D eigenvalue weighted by Gasteiger charge is 2.54. The zero-order chi connectivity index (χ0) is 36.2. The normalized spacial score (nSPS) is 40.3. The van der Waals surface area contributed by atoms with Gasteiger partial charge < -0.3 is 90.5 Å². The van der Waals surface area contributed by atoms with Gasteiger partial charge in [0.1, 0.15) is 85.0 Å². The Morgan fingerprint density at radius 1 is 0.735 bits per heavy atom. The third-order valence-corrected chi connectivity index (χ3v) is 8.40. The molecule has 278 valence electrons. The van der Waals surface area contributed by atoms with E-state index in [1.54, 1.807) is 0 Å². The molecule has 1 unspecified atom stereocenters. The van der Waals surface area contributed by atoms with Crippen LogP contribution in [0.25, 0.3) is 0 Å². The molecule has 3 fully saturated rings. The number of esters is 1. The second-order valence-electron chi connectivity index (χ2n) is 12.0. The summed E-state index contributed by atoms with van der Waals surface area (Å²) in [5, 5.41) is 105. The zero-order valence-electron chi connectivity index (χ0n) is 26.2. The Bertz CT molecular complexity index is 1220. The molecule has 0 radical (unpaired) electrons. The predicted octanol–water partition coefficient (Wildman–Crippen LogP) is -6.60. The summed E-state index contributed by atoms with van der Waals surface area (Å²) in [7, 11) is 0. The number of benzene rings is 1. The van der Waals surface area contributed by atoms with E-state index in [1.807, 2.05) is 0 Å². The maximum absolute atomic E-state index is 13.0. The van der Waals surface area contributed by atoms with Crippen molar-refractivity contribution in [1.82, 2.24) is 5.32 Å². The van der Waals surface area contributed by atoms with Gasteiger partial charge in [0, 0.05) is 6.92 Å². The van der Waals surface area contributed by atoms with E-state index in [0.717, 1.165) is 6.92 Å². The lowest BCUT2D eigenvalue weighted by Crippen LogP contribution is -2.69. The van der Waals surface area contributed by atoms with E-state index in [2.05, 4.69) is 5.32 Å². The second kappa shape index (κ2) is 17.0. The van der Waals surface area contributed by atoms with Gasteiger partial charge in [0.15, 0.2) is 12.6 Å². The predicted molar refractivity (Wildman–Crippen MR) is 157 cm³/mol. The molecule has 3 aliphatic heterocycles. The van der Waals surface area contributed by atoms with Crippen molar-refractivity contribution in [3.63, 3.8) is 0 Å². The molecule has 3 aliphatic rings. The topological polar surface area (TPSA) is 330 Å². The number of carbonyl (C=O) groups is 2. The zero-order valence-corrected chi connectivity index (χ0v) is 26.2. The fourth-order valence-electron chi connectivity index (χ4n) is 5.71. The van der Waals surface area contributed by atoms with Gasteiger partial charge in [-0.2, -0.15) is 0 Å². The number of phenols is 1. The van der Waals surface area contributed by atoms with Crippen LogP contribution in [0, 0.1) is 0 Å². The summed E-state index contributed by atoms with van der Waals surface area (Å²) in [6.07, 6.45) is -24.4. The van der Waals surface area contributed by atoms with Crippen molar-refractivity contribution in [2.24, 2.45) is 5.73 Å². The Morgan fingerprint density at radius 3 is 1.82 bits per heavy atom. The Kier molecular flexibility index (Phi) is 13.6. The van der Waals surface area contributed by atoms with Crippen LogP contribution < -0.4 is 11.1 Å². The van der Waals surface area contributed by atoms with Gasteiger partial charge in [-0.15, -0.1) is 0 Å². The van der Waals surface area contributed by atoms with Gasteiger partial charge >= 0.3 is 5.97 Å². The van der Waals surface area contributed by atoms with Gasteiger partial charge in [-0.25, -0.2) is 0 Å². The van der Waals surface area contributed by atoms with Crippen molar-refractivity contribution >= 4 is 11.9 Å². The van der Waals surface area contributed by atoms with Gasteiger partial charge in [-0.1, -0.05) is 12.1 Å². The molecule has 49 heavy (non-hydrogen) atoms. The van der Waals surface area contributed by atoms with E-state index in [9.17, 15) is 60.7 Å². The van der Waals surface area contributed by atoms with Crippen molar-refractivity contribution in [2.45, 2.75) is 111 Å². The lowest BCUT2D eigenvalue weighted by Gasteiger charge is -2.48. The third-order valence-electron chi connectivity index (χ3n) is 8.40. The molecule has 20 heteroatoms. The fourth-order valence-corrected chi connectivity index (χ4v) is 5.71. The monoisotopic (exact) mass is 708 g/mol. The van der Waals surface area contributed by atoms with Crippen molar-refractivity contribution in [1.29, 1.82) is 0 Å². The van der Waals surface area contributed by atoms with E-state index < -0.39 is 130 Å². The largest absolute Gasteiger partial charge is 0.508 e. The molecule has 0 spiro atoms. The van der Waals surface area contributed by atoms with Gasteiger partial charge in [0.05, 0.1) is 19.8 Å². The van der Waals surface area contributed by atoms with Crippen LogP contribution in [0.1, 0.15) is 12.5 Å². The van der Waals surface area contributed by atoms with E-state index >= 15 is 0 Å². The molecule has 16 atom stereocenters. The summed E-state index contributed by atoms with van der Waals surface area (Å²) < 4.78 is 33.3. The minimum Gasteiger partial charge on any atom is -0.508 e. The highest BCUT2D eigenvalue weighted by Crippen LogP contribution is 2.33. The van der Waals surface area contributed by atoms with E-state index in [-0.39, 0.29) is 12.2 Å². The molecule has 0 saturated carbocycles. The molecule has 1 aromatic carbocycles. The number of carbonyl (C=O) groups excluding carboxylic acids is 2. The number of nitrogens with one attached hydrogen (secondary N) is 1. The maximum atomic E-state index is 13.0. The minimum absolute atomic E-state index is 0.00459. The summed E-state index contributed by atoms with van der Waals surface area (Å²) in [4.78, 5) is 25.2. The number of aliphatic hydroxyl groups is 9. The van der Waals surface area contributed by atoms with E-state index in [0.29, 0.717) is 5.56 Å². The first-order chi connectivity index (χ1) is 23.2. The number of phenolic OH excluding ortho intramolecular Hbond substituents is 1. The highest BCUT2D eigenvalue weighted by molar-refractivity contribution is 5.76. The van der Waals surface area contributed by atoms with Crippen LogP contribution in [0.4, 0.5) is 0 Å². The number of hydrogen-bond donors (Lipinski definition) is 12. The number of nitrogens with two attached hydrogens (primary N) is 1. The van der Waals surface area contributed by atoms with Crippen molar-refractivity contribution in [2.75, 3.05) is 19.8 Å². The van der Waals surface area contributed by atoms with Gasteiger partial charge in [0.25, 0.3) is 0 Å². The smallest absolute Gasteiger partial charge is 0.325 e. The van der Waals surface area contributed by atoms with E-state index in [1.165, 1.54) is 24.3 Å². The van der Waals surface area contributed by atoms with Gasteiger partial charge in [-0.3, -0.25) is 9.59 Å². The molecule has 3 saturated heterocycles. The Hall–Kier alpha value is -2.64. The molecule has 20 nitrogen and oxygen atoms in total. The SMILES string of the molecule is CC(=O)N[C@H]1[C@@H](OC(=O)C(N)Cc2ccc(O)cc2)O[C@H](CO)[C@H](O)[C@@H]1O[C@@H]1O[C@H](CO)[C@H](O[C@H]2O[C@H](CO)[C@H](O)[C@H](O)[C@H]2O)[C@H](O)[C@H]1O. The third kappa shape index (κ3) is 9.00. The summed E-state index contributed by atoms with van der Waals surface area (Å²) in [6.45, 7) is -1.42. The summed E-state index contributed by atoms with van der Waals surface area (Å²) in [5.74, 6) is -1.73. The average molecular weight is 709 g/mol. The first kappa shape index (κ1) is 39.2. The van der Waals surface area contributed by atoms with Crippen LogP contribution in [0.2, 0.25) is 0 Å². The molecule has 1 amide bonds. The number of amides is 1. The lowest BCUT2D eigenvalue weighted by molar-refractivity contribution is -0.372. The van der Waals surface area contributed by atoms with Crippen LogP contribution in [0.3, 0.4) is 0 Å². The molecule has 0 bridgehead atoms. The molecule has 4 rings (SSSR count). The molecule has 0 aliphatic carbocycles. The average Bonchev–Trinajstić information content (AvgIpc) is 3.07. The van der Waals surface area contributed by atoms with Crippen LogP contribution >= 0.6 is 0 Å². The quantitative estimate of drug-likeness (QED) is 0.0898. The van der Waals surface area contributed by atoms with E-state index in [4.69, 9.17) is 34.2 Å². The number of aliphatic hydroxyl groups excluding tert-OH is 9. The maximum Gasteiger partial charge on any atom is 0.325 e. The molecular weight excluding hydrogens is 664 g/mol. The molecule has 13 N–H and O–H groups in total. The lowest BCUT2D eigenvalue weighted by atomic mass is 9.95. The minimum atomic E-state index is -2.03. The molecule has 3 heterocycles.